The third kappa shape index (κ3) is 16.1. The maximum absolute atomic E-state index is 13.2. The number of hydrogen-bond donors (Lipinski definition) is 12. The van der Waals surface area contributed by atoms with Crippen LogP contribution in [0.1, 0.15) is 74.1 Å². The van der Waals surface area contributed by atoms with Crippen LogP contribution in [-0.4, -0.2) is 122 Å². The number of nitrogens with zero attached hydrogens (tertiary/aromatic N) is 1. The number of guanidine groups is 1. The van der Waals surface area contributed by atoms with E-state index >= 15 is 0 Å². The fraction of sp³-hybridized carbons (Fsp3) is 0.774. The van der Waals surface area contributed by atoms with Crippen LogP contribution in [0.15, 0.2) is 4.99 Å². The number of primary amides is 1. The number of carbonyl (C=O) groups excluding carboxylic acids is 5. The van der Waals surface area contributed by atoms with Crippen molar-refractivity contribution in [2.24, 2.45) is 45.9 Å². The predicted molar refractivity (Wildman–Crippen MR) is 181 cm³/mol. The highest BCUT2D eigenvalue weighted by molar-refractivity contribution is 5.93. The lowest BCUT2D eigenvalue weighted by atomic mass is 9.87. The Morgan fingerprint density at radius 2 is 1.24 bits per heavy atom. The van der Waals surface area contributed by atoms with Crippen LogP contribution in [0.4, 0.5) is 0 Å². The van der Waals surface area contributed by atoms with Crippen molar-refractivity contribution in [3.8, 4) is 0 Å². The number of amides is 5. The molecular weight excluding hydrogens is 660 g/mol. The average Bonchev–Trinajstić information content (AvgIpc) is 3.00. The number of nitrogens with two attached hydrogens (primary N) is 3. The van der Waals surface area contributed by atoms with Gasteiger partial charge < -0.3 is 64.0 Å². The standard InChI is InChI=1S/C31H58N8O11/c1-13(2)11-15(4)23(42)16(5)26(45)36-17(6)27(46)37-19(9-8-10-35-31(33)34)24(43)25(44)29(48)38-21(14(3)12-20(32)41)28(47)39-22(18(7)40)30(49)50/h13-19,21-25,40,42-44H,8-12H2,1-7H3,(H2,32,41)(H,36,45)(H,37,46)(H,38,48)(H,39,47)(H,49,50)(H4,33,34,35). The molecule has 0 saturated heterocycles. The second-order valence-corrected chi connectivity index (χ2v) is 13.3. The minimum absolute atomic E-state index is 0.0425. The molecule has 0 heterocycles. The number of nitrogens with one attached hydrogen (secondary N) is 4. The number of aliphatic hydroxyl groups is 4. The first kappa shape index (κ1) is 45.9. The van der Waals surface area contributed by atoms with Gasteiger partial charge in [-0.2, -0.15) is 0 Å². The third-order valence-corrected chi connectivity index (χ3v) is 8.12. The average molecular weight is 719 g/mol. The zero-order valence-corrected chi connectivity index (χ0v) is 29.8. The molecule has 0 radical (unpaired) electrons. The molecule has 0 spiro atoms. The molecule has 0 aromatic carbocycles. The van der Waals surface area contributed by atoms with Crippen LogP contribution in [0, 0.1) is 23.7 Å². The number of hydrogen-bond acceptors (Lipinski definition) is 11. The van der Waals surface area contributed by atoms with Gasteiger partial charge in [0.05, 0.1) is 24.2 Å². The van der Waals surface area contributed by atoms with Gasteiger partial charge in [0.1, 0.15) is 18.2 Å². The van der Waals surface area contributed by atoms with Crippen molar-refractivity contribution in [1.82, 2.24) is 21.3 Å². The Labute approximate surface area is 292 Å². The lowest BCUT2D eigenvalue weighted by Gasteiger charge is -2.31. The van der Waals surface area contributed by atoms with Crippen LogP contribution in [-0.2, 0) is 28.8 Å². The molecule has 19 nitrogen and oxygen atoms in total. The quantitative estimate of drug-likeness (QED) is 0.0276. The Kier molecular flexibility index (Phi) is 20.1. The molecule has 0 aliphatic rings. The number of rotatable bonds is 23. The summed E-state index contributed by atoms with van der Waals surface area (Å²) in [6.07, 6.45) is -6.58. The fourth-order valence-corrected chi connectivity index (χ4v) is 5.24. The zero-order chi connectivity index (χ0) is 39.0. The van der Waals surface area contributed by atoms with Crippen molar-refractivity contribution in [1.29, 1.82) is 0 Å². The van der Waals surface area contributed by atoms with Gasteiger partial charge >= 0.3 is 5.97 Å². The molecule has 50 heavy (non-hydrogen) atoms. The topological polar surface area (TPSA) is 342 Å². The fourth-order valence-electron chi connectivity index (χ4n) is 5.24. The van der Waals surface area contributed by atoms with Gasteiger partial charge in [-0.25, -0.2) is 4.79 Å². The molecule has 19 heteroatoms. The summed E-state index contributed by atoms with van der Waals surface area (Å²) in [5.41, 5.74) is 15.9. The molecule has 0 aromatic heterocycles. The number of aliphatic hydroxyl groups excluding tert-OH is 4. The van der Waals surface area contributed by atoms with Gasteiger partial charge in [-0.15, -0.1) is 0 Å². The third-order valence-electron chi connectivity index (χ3n) is 8.12. The van der Waals surface area contributed by atoms with Gasteiger partial charge in [0.2, 0.25) is 23.6 Å². The Morgan fingerprint density at radius 1 is 0.680 bits per heavy atom. The van der Waals surface area contributed by atoms with E-state index in [-0.39, 0.29) is 37.2 Å². The van der Waals surface area contributed by atoms with Gasteiger partial charge in [-0.1, -0.05) is 34.6 Å². The monoisotopic (exact) mass is 718 g/mol. The highest BCUT2D eigenvalue weighted by Crippen LogP contribution is 2.21. The van der Waals surface area contributed by atoms with E-state index in [0.717, 1.165) is 6.92 Å². The van der Waals surface area contributed by atoms with Gasteiger partial charge in [-0.05, 0) is 50.9 Å². The van der Waals surface area contributed by atoms with Crippen LogP contribution < -0.4 is 38.5 Å². The van der Waals surface area contributed by atoms with Gasteiger partial charge in [-0.3, -0.25) is 29.0 Å². The van der Waals surface area contributed by atoms with Gasteiger partial charge in [0.15, 0.2) is 18.1 Å². The van der Waals surface area contributed by atoms with Crippen LogP contribution in [0.25, 0.3) is 0 Å². The van der Waals surface area contributed by atoms with E-state index in [1.54, 1.807) is 0 Å². The lowest BCUT2D eigenvalue weighted by Crippen LogP contribution is -2.60. The van der Waals surface area contributed by atoms with Crippen LogP contribution in [0.3, 0.4) is 0 Å². The van der Waals surface area contributed by atoms with Crippen molar-refractivity contribution in [2.75, 3.05) is 6.54 Å². The molecule has 5 amide bonds. The summed E-state index contributed by atoms with van der Waals surface area (Å²) >= 11 is 0. The highest BCUT2D eigenvalue weighted by Gasteiger charge is 2.38. The molecule has 0 aliphatic carbocycles. The van der Waals surface area contributed by atoms with Crippen molar-refractivity contribution in [3.63, 3.8) is 0 Å². The first-order valence-electron chi connectivity index (χ1n) is 16.5. The Bertz CT molecular complexity index is 1180. The number of carbonyl (C=O) groups is 6. The number of carboxylic acid groups (broad SMARTS) is 1. The van der Waals surface area contributed by atoms with Crippen molar-refractivity contribution >= 4 is 41.5 Å². The first-order chi connectivity index (χ1) is 23.0. The summed E-state index contributed by atoms with van der Waals surface area (Å²) in [6, 6.07) is -5.98. The van der Waals surface area contributed by atoms with Crippen LogP contribution >= 0.6 is 0 Å². The van der Waals surface area contributed by atoms with Crippen molar-refractivity contribution in [2.45, 2.75) is 123 Å². The van der Waals surface area contributed by atoms with Crippen molar-refractivity contribution < 1.29 is 54.3 Å². The second kappa shape index (κ2) is 21.9. The summed E-state index contributed by atoms with van der Waals surface area (Å²) in [7, 11) is 0. The Hall–Kier alpha value is -4.07. The SMILES string of the molecule is CC(C)CC(C)C(O)C(C)C(=O)NC(C)C(=O)NC(CCCN=C(N)N)C(O)C(O)C(=O)NC(C(=O)NC(C(=O)O)C(C)O)C(C)CC(N)=O. The number of aliphatic imine (C=N–C) groups is 1. The Balaban J connectivity index is 6.03. The van der Waals surface area contributed by atoms with Crippen LogP contribution in [0.2, 0.25) is 0 Å². The largest absolute Gasteiger partial charge is 0.480 e. The molecule has 0 rings (SSSR count). The second-order valence-electron chi connectivity index (χ2n) is 13.3. The van der Waals surface area contributed by atoms with E-state index in [1.807, 2.05) is 20.8 Å². The maximum Gasteiger partial charge on any atom is 0.328 e. The molecule has 0 aliphatic heterocycles. The summed E-state index contributed by atoms with van der Waals surface area (Å²) in [5.74, 6) is -8.37. The van der Waals surface area contributed by atoms with E-state index in [2.05, 4.69) is 26.3 Å². The predicted octanol–water partition coefficient (Wildman–Crippen LogP) is -3.62. The molecule has 11 atom stereocenters. The molecule has 288 valence electrons. The zero-order valence-electron chi connectivity index (χ0n) is 29.8. The molecule has 11 unspecified atom stereocenters. The summed E-state index contributed by atoms with van der Waals surface area (Å²) in [4.78, 5) is 79.1. The summed E-state index contributed by atoms with van der Waals surface area (Å²) < 4.78 is 0. The number of carboxylic acids is 1. The molecule has 0 aromatic rings. The van der Waals surface area contributed by atoms with Crippen molar-refractivity contribution in [3.05, 3.63) is 0 Å². The van der Waals surface area contributed by atoms with E-state index in [4.69, 9.17) is 17.2 Å². The number of aliphatic carboxylic acids is 1. The minimum Gasteiger partial charge on any atom is -0.480 e. The summed E-state index contributed by atoms with van der Waals surface area (Å²) in [5, 5.41) is 60.9. The van der Waals surface area contributed by atoms with E-state index in [1.165, 1.54) is 20.8 Å². The molecule has 0 saturated carbocycles. The molecule has 15 N–H and O–H groups in total. The maximum atomic E-state index is 13.2. The van der Waals surface area contributed by atoms with E-state index in [9.17, 15) is 54.3 Å². The van der Waals surface area contributed by atoms with E-state index < -0.39 is 102 Å². The normalized spacial score (nSPS) is 18.0. The summed E-state index contributed by atoms with van der Waals surface area (Å²) in [6.45, 7) is 11.1. The van der Waals surface area contributed by atoms with Gasteiger partial charge in [0.25, 0.3) is 5.91 Å². The highest BCUT2D eigenvalue weighted by atomic mass is 16.4. The molecular formula is C31H58N8O11. The minimum atomic E-state index is -2.30. The van der Waals surface area contributed by atoms with Gasteiger partial charge in [0, 0.05) is 13.0 Å². The molecule has 0 bridgehead atoms. The first-order valence-corrected chi connectivity index (χ1v) is 16.5. The van der Waals surface area contributed by atoms with E-state index in [0.29, 0.717) is 6.42 Å². The Morgan fingerprint density at radius 3 is 1.72 bits per heavy atom. The molecule has 0 fully saturated rings. The smallest absolute Gasteiger partial charge is 0.328 e. The van der Waals surface area contributed by atoms with Crippen LogP contribution in [0.5, 0.6) is 0 Å². The lowest BCUT2D eigenvalue weighted by molar-refractivity contribution is -0.146.